The molecule has 0 bridgehead atoms. The summed E-state index contributed by atoms with van der Waals surface area (Å²) >= 11 is -1.04. The predicted molar refractivity (Wildman–Crippen MR) is 207 cm³/mol. The summed E-state index contributed by atoms with van der Waals surface area (Å²) in [5.41, 5.74) is 5.37. The Morgan fingerprint density at radius 3 is 1.74 bits per heavy atom. The van der Waals surface area contributed by atoms with E-state index in [2.05, 4.69) is 23.4 Å². The number of hydrogen-bond acceptors (Lipinski definition) is 12. The van der Waals surface area contributed by atoms with Crippen LogP contribution in [0.3, 0.4) is 0 Å². The van der Waals surface area contributed by atoms with Gasteiger partial charge in [0.15, 0.2) is 0 Å². The van der Waals surface area contributed by atoms with E-state index < -0.39 is 51.8 Å². The van der Waals surface area contributed by atoms with E-state index in [1.165, 1.54) is 48.7 Å². The molecule has 0 saturated heterocycles. The molecule has 0 fully saturated rings. The minimum atomic E-state index is -1.04. The van der Waals surface area contributed by atoms with Crippen LogP contribution >= 0.6 is 0 Å². The van der Waals surface area contributed by atoms with E-state index in [1.54, 1.807) is 38.1 Å². The molecule has 2 atom stereocenters. The Labute approximate surface area is 338 Å². The van der Waals surface area contributed by atoms with Crippen molar-refractivity contribution in [2.45, 2.75) is 24.2 Å². The van der Waals surface area contributed by atoms with E-state index in [1.807, 2.05) is 48.5 Å². The van der Waals surface area contributed by atoms with E-state index in [4.69, 9.17) is 26.8 Å². The van der Waals surface area contributed by atoms with Crippen molar-refractivity contribution >= 4 is 35.8 Å². The van der Waals surface area contributed by atoms with Crippen molar-refractivity contribution in [3.8, 4) is 34.1 Å². The maximum absolute atomic E-state index is 13.4. The van der Waals surface area contributed by atoms with Crippen LogP contribution in [0.5, 0.6) is 23.0 Å². The molecule has 6 rings (SSSR count). The monoisotopic (exact) mass is 877 g/mol. The van der Waals surface area contributed by atoms with Crippen molar-refractivity contribution in [2.75, 3.05) is 0 Å². The van der Waals surface area contributed by atoms with Crippen LogP contribution in [0, 0.1) is 0 Å². The number of halogens is 1. The van der Waals surface area contributed by atoms with Gasteiger partial charge in [-0.1, -0.05) is 55.1 Å². The Kier molecular flexibility index (Phi) is 13.0. The summed E-state index contributed by atoms with van der Waals surface area (Å²) in [5, 5.41) is 8.97. The molecule has 5 aromatic carbocycles. The first kappa shape index (κ1) is 39.8. The molecule has 0 N–H and O–H groups in total. The zero-order valence-corrected chi connectivity index (χ0v) is 32.8. The summed E-state index contributed by atoms with van der Waals surface area (Å²) in [5.74, 6) is -1.36. The molecule has 0 unspecified atom stereocenters. The Bertz CT molecular complexity index is 2340. The van der Waals surface area contributed by atoms with Crippen LogP contribution in [0.4, 0.5) is 0 Å². The molecular weight excluding hydrogens is 843 g/mol. The summed E-state index contributed by atoms with van der Waals surface area (Å²) in [4.78, 5) is 49.4. The van der Waals surface area contributed by atoms with E-state index >= 15 is 0 Å². The second kappa shape index (κ2) is 18.6. The van der Waals surface area contributed by atoms with Crippen molar-refractivity contribution in [1.82, 2.24) is 0 Å². The number of fused-ring (bicyclic) bond motifs is 3. The van der Waals surface area contributed by atoms with Gasteiger partial charge < -0.3 is 14.2 Å². The van der Waals surface area contributed by atoms with Crippen LogP contribution < -0.4 is 40.6 Å². The van der Waals surface area contributed by atoms with Crippen molar-refractivity contribution in [3.05, 3.63) is 168 Å². The zero-order valence-electron chi connectivity index (χ0n) is 30.6. The molecule has 1 aliphatic carbocycles. The molecule has 288 valence electrons. The van der Waals surface area contributed by atoms with Crippen LogP contribution in [-0.4, -0.2) is 46.2 Å². The minimum absolute atomic E-state index is 0.131. The van der Waals surface area contributed by atoms with Crippen molar-refractivity contribution in [2.24, 2.45) is 10.2 Å². The Morgan fingerprint density at radius 2 is 1.16 bits per heavy atom. The average Bonchev–Trinajstić information content (AvgIpc) is 3.54. The molecule has 0 saturated carbocycles. The summed E-state index contributed by atoms with van der Waals surface area (Å²) in [7, 11) is 0. The van der Waals surface area contributed by atoms with E-state index in [0.29, 0.717) is 22.8 Å². The van der Waals surface area contributed by atoms with Crippen LogP contribution in [0.15, 0.2) is 151 Å². The third-order valence-electron chi connectivity index (χ3n) is 8.05. The van der Waals surface area contributed by atoms with Gasteiger partial charge in [0.1, 0.15) is 11.5 Å². The Hall–Kier alpha value is -6.87. The zero-order chi connectivity index (χ0) is 40.3. The number of carbonyl (C=O) groups is 4. The van der Waals surface area contributed by atoms with Gasteiger partial charge >= 0.3 is 173 Å². The van der Waals surface area contributed by atoms with Crippen molar-refractivity contribution in [3.63, 3.8) is 0 Å². The van der Waals surface area contributed by atoms with Gasteiger partial charge in [0.2, 0.25) is 6.29 Å². The van der Waals surface area contributed by atoms with E-state index in [9.17, 15) is 19.2 Å². The topological polar surface area (TPSA) is 148 Å². The number of carbonyl (C=O) groups excluding carboxylic acids is 4. The molecule has 0 radical (unpaired) electrons. The van der Waals surface area contributed by atoms with Gasteiger partial charge in [-0.2, -0.15) is 0 Å². The maximum atomic E-state index is 13.4. The first-order valence-electron chi connectivity index (χ1n) is 17.3. The molecule has 5 aromatic rings. The van der Waals surface area contributed by atoms with E-state index in [-0.39, 0.29) is 26.7 Å². The molecule has 0 amide bonds. The predicted octanol–water partition coefficient (Wildman–Crippen LogP) is 4.89. The molecule has 0 heterocycles. The number of esters is 3. The fourth-order valence-electron chi connectivity index (χ4n) is 5.47. The van der Waals surface area contributed by atoms with Gasteiger partial charge in [-0.15, -0.1) is 5.10 Å². The van der Waals surface area contributed by atoms with Crippen molar-refractivity contribution < 1.29 is 67.5 Å². The molecule has 13 heteroatoms. The van der Waals surface area contributed by atoms with Crippen molar-refractivity contribution in [1.29, 1.82) is 0 Å². The SMILES string of the molecule is C=CC(=O)O[I-][C@H](C)Oc1ccc(C(=O)Oc2ccc(OC(=O)c3ccc(O[C@@H](C)OC(=O)C=C)cc3)cc2/C=N/N=C2c3ccccc3-c3ccccc32)cc1. The Morgan fingerprint density at radius 1 is 0.632 bits per heavy atom. The summed E-state index contributed by atoms with van der Waals surface area (Å²) in [6.07, 6.45) is 2.67. The number of rotatable bonds is 15. The fraction of sp³-hybridized carbons (Fsp3) is 0.0909. The summed E-state index contributed by atoms with van der Waals surface area (Å²) < 4.78 is 32.7. The fourth-order valence-corrected chi connectivity index (χ4v) is 6.66. The molecule has 0 aliphatic heterocycles. The molecule has 12 nitrogen and oxygen atoms in total. The first-order valence-corrected chi connectivity index (χ1v) is 19.5. The number of ether oxygens (including phenoxy) is 5. The summed E-state index contributed by atoms with van der Waals surface area (Å²) in [6, 6.07) is 32.7. The number of benzene rings is 5. The second-order valence-electron chi connectivity index (χ2n) is 12.0. The quantitative estimate of drug-likeness (QED) is 0.0204. The Balaban J connectivity index is 1.22. The van der Waals surface area contributed by atoms with Crippen LogP contribution in [0.25, 0.3) is 11.1 Å². The van der Waals surface area contributed by atoms with Gasteiger partial charge in [0.25, 0.3) is 0 Å². The number of alkyl halides is 1. The van der Waals surface area contributed by atoms with E-state index in [0.717, 1.165) is 34.4 Å². The molecule has 1 aliphatic rings. The van der Waals surface area contributed by atoms with Crippen LogP contribution in [0.1, 0.15) is 51.3 Å². The van der Waals surface area contributed by atoms with Gasteiger partial charge in [-0.3, -0.25) is 0 Å². The average molecular weight is 878 g/mol. The first-order chi connectivity index (χ1) is 27.6. The summed E-state index contributed by atoms with van der Waals surface area (Å²) in [6.45, 7) is 10.1. The van der Waals surface area contributed by atoms with Gasteiger partial charge in [-0.25, -0.2) is 9.59 Å². The van der Waals surface area contributed by atoms with Gasteiger partial charge in [0, 0.05) is 24.1 Å². The molecule has 0 aromatic heterocycles. The van der Waals surface area contributed by atoms with Crippen LogP contribution in [0.2, 0.25) is 0 Å². The second-order valence-corrected chi connectivity index (χ2v) is 14.7. The third-order valence-corrected chi connectivity index (χ3v) is 9.70. The normalized spacial score (nSPS) is 12.4. The van der Waals surface area contributed by atoms with Crippen LogP contribution in [-0.2, 0) is 17.4 Å². The molecule has 0 spiro atoms. The standard InChI is InChI=1S/C44H34IN2O10/c1-5-40(48)54-28(4)53-33-21-17-29(18-22-33)43(50)55-34-23-24-39(56-44(51)30-15-19-32(20-16-30)52-27(3)45-57-41(49)6-2)31(25-34)26-46-47-42-37-13-9-7-11-35(37)36-12-8-10-14-38(36)42/h5-28H,1-2H2,3-4H3/q-1/b46-26+/t27-,28+/m0/s1. The molecule has 57 heavy (non-hydrogen) atoms. The van der Waals surface area contributed by atoms with Gasteiger partial charge in [0.05, 0.1) is 5.56 Å². The number of hydrogen-bond donors (Lipinski definition) is 0. The van der Waals surface area contributed by atoms with Gasteiger partial charge in [-0.05, 0) is 35.4 Å². The molecular formula is C44H34IN2O10-. The number of nitrogens with zero attached hydrogens (tertiary/aromatic N) is 2. The third kappa shape index (κ3) is 10.3.